The highest BCUT2D eigenvalue weighted by Gasteiger charge is 2.34. The van der Waals surface area contributed by atoms with Gasteiger partial charge in [-0.15, -0.1) is 0 Å². The van der Waals surface area contributed by atoms with Crippen LogP contribution in [-0.4, -0.2) is 42.9 Å². The second-order valence-electron chi connectivity index (χ2n) is 6.03. The first-order valence-electron chi connectivity index (χ1n) is 7.40. The average molecular weight is 304 g/mol. The number of nitrogens with zero attached hydrogens (tertiary/aromatic N) is 1. The standard InChI is InChI=1S/C13H24N2O4S/c1-10-5-2-3-7-12(10)14-20(18,19)15-8-4-6-11(9-15)13(16)17/h10-12,14H,2-9H2,1H3,(H,16,17). The van der Waals surface area contributed by atoms with Crippen molar-refractivity contribution in [3.63, 3.8) is 0 Å². The molecule has 0 aromatic rings. The van der Waals surface area contributed by atoms with Crippen molar-refractivity contribution in [1.29, 1.82) is 0 Å². The van der Waals surface area contributed by atoms with E-state index >= 15 is 0 Å². The summed E-state index contributed by atoms with van der Waals surface area (Å²) < 4.78 is 28.9. The van der Waals surface area contributed by atoms with Crippen molar-refractivity contribution in [2.75, 3.05) is 13.1 Å². The van der Waals surface area contributed by atoms with Gasteiger partial charge in [0, 0.05) is 19.1 Å². The molecule has 0 bridgehead atoms. The Hall–Kier alpha value is -0.660. The number of carbonyl (C=O) groups is 1. The van der Waals surface area contributed by atoms with Gasteiger partial charge >= 0.3 is 5.97 Å². The Morgan fingerprint density at radius 2 is 1.90 bits per heavy atom. The second-order valence-corrected chi connectivity index (χ2v) is 7.73. The Bertz CT molecular complexity index is 451. The molecule has 1 saturated heterocycles. The van der Waals surface area contributed by atoms with Crippen LogP contribution in [0.25, 0.3) is 0 Å². The molecule has 0 aromatic carbocycles. The van der Waals surface area contributed by atoms with Gasteiger partial charge in [0.05, 0.1) is 5.92 Å². The maximum atomic E-state index is 12.4. The molecule has 1 heterocycles. The minimum atomic E-state index is -3.56. The van der Waals surface area contributed by atoms with Crippen molar-refractivity contribution in [3.05, 3.63) is 0 Å². The summed E-state index contributed by atoms with van der Waals surface area (Å²) >= 11 is 0. The Kier molecular flexibility index (Phi) is 5.04. The number of carboxylic acid groups (broad SMARTS) is 1. The summed E-state index contributed by atoms with van der Waals surface area (Å²) in [7, 11) is -3.56. The van der Waals surface area contributed by atoms with Gasteiger partial charge in [0.2, 0.25) is 0 Å². The Balaban J connectivity index is 2.00. The third-order valence-corrected chi connectivity index (χ3v) is 6.10. The molecule has 0 radical (unpaired) electrons. The first-order chi connectivity index (χ1) is 9.40. The minimum Gasteiger partial charge on any atom is -0.481 e. The summed E-state index contributed by atoms with van der Waals surface area (Å²) in [6, 6.07) is -0.0149. The van der Waals surface area contributed by atoms with E-state index < -0.39 is 22.1 Å². The molecule has 2 aliphatic rings. The predicted molar refractivity (Wildman–Crippen MR) is 75.4 cm³/mol. The maximum absolute atomic E-state index is 12.4. The molecule has 1 aliphatic heterocycles. The lowest BCUT2D eigenvalue weighted by Gasteiger charge is -2.34. The van der Waals surface area contributed by atoms with Gasteiger partial charge in [-0.1, -0.05) is 19.8 Å². The third kappa shape index (κ3) is 3.71. The third-order valence-electron chi connectivity index (χ3n) is 4.49. The average Bonchev–Trinajstić information content (AvgIpc) is 2.41. The highest BCUT2D eigenvalue weighted by molar-refractivity contribution is 7.87. The molecule has 1 aliphatic carbocycles. The molecule has 2 rings (SSSR count). The Labute approximate surface area is 120 Å². The topological polar surface area (TPSA) is 86.7 Å². The summed E-state index contributed by atoms with van der Waals surface area (Å²) in [5.74, 6) is -1.14. The number of aliphatic carboxylic acids is 1. The van der Waals surface area contributed by atoms with Gasteiger partial charge in [0.25, 0.3) is 10.2 Å². The fourth-order valence-electron chi connectivity index (χ4n) is 3.12. The maximum Gasteiger partial charge on any atom is 0.307 e. The molecule has 3 atom stereocenters. The molecule has 7 heteroatoms. The monoisotopic (exact) mass is 304 g/mol. The fraction of sp³-hybridized carbons (Fsp3) is 0.923. The van der Waals surface area contributed by atoms with E-state index in [-0.39, 0.29) is 12.6 Å². The van der Waals surface area contributed by atoms with E-state index in [2.05, 4.69) is 11.6 Å². The number of piperidine rings is 1. The molecule has 0 aromatic heterocycles. The van der Waals surface area contributed by atoms with E-state index in [1.165, 1.54) is 4.31 Å². The quantitative estimate of drug-likeness (QED) is 0.817. The molecule has 0 spiro atoms. The molecule has 2 fully saturated rings. The van der Waals surface area contributed by atoms with Gasteiger partial charge in [0.15, 0.2) is 0 Å². The lowest BCUT2D eigenvalue weighted by atomic mass is 9.87. The van der Waals surface area contributed by atoms with Crippen LogP contribution in [0.2, 0.25) is 0 Å². The van der Waals surface area contributed by atoms with Crippen molar-refractivity contribution in [2.24, 2.45) is 11.8 Å². The summed E-state index contributed by atoms with van der Waals surface area (Å²) in [6.45, 7) is 2.58. The van der Waals surface area contributed by atoms with Crippen molar-refractivity contribution >= 4 is 16.2 Å². The van der Waals surface area contributed by atoms with E-state index in [1.54, 1.807) is 0 Å². The second kappa shape index (κ2) is 6.41. The van der Waals surface area contributed by atoms with Crippen LogP contribution in [-0.2, 0) is 15.0 Å². The van der Waals surface area contributed by atoms with Crippen molar-refractivity contribution in [3.8, 4) is 0 Å². The van der Waals surface area contributed by atoms with Crippen LogP contribution in [0.4, 0.5) is 0 Å². The van der Waals surface area contributed by atoms with Crippen LogP contribution in [0.3, 0.4) is 0 Å². The predicted octanol–water partition coefficient (Wildman–Crippen LogP) is 1.20. The molecule has 0 amide bonds. The molecule has 20 heavy (non-hydrogen) atoms. The fourth-order valence-corrected chi connectivity index (χ4v) is 4.75. The SMILES string of the molecule is CC1CCCCC1NS(=O)(=O)N1CCCC(C(=O)O)C1. The van der Waals surface area contributed by atoms with Crippen LogP contribution in [0, 0.1) is 11.8 Å². The van der Waals surface area contributed by atoms with E-state index in [0.29, 0.717) is 25.3 Å². The van der Waals surface area contributed by atoms with Gasteiger partial charge < -0.3 is 5.11 Å². The smallest absolute Gasteiger partial charge is 0.307 e. The molecule has 1 saturated carbocycles. The van der Waals surface area contributed by atoms with Crippen LogP contribution in [0.5, 0.6) is 0 Å². The zero-order valence-electron chi connectivity index (χ0n) is 11.9. The van der Waals surface area contributed by atoms with E-state index in [0.717, 1.165) is 25.7 Å². The van der Waals surface area contributed by atoms with Gasteiger partial charge in [-0.05, 0) is 31.6 Å². The highest BCUT2D eigenvalue weighted by atomic mass is 32.2. The molecular formula is C13H24N2O4S. The van der Waals surface area contributed by atoms with Crippen molar-refractivity contribution in [1.82, 2.24) is 9.03 Å². The molecule has 116 valence electrons. The zero-order valence-corrected chi connectivity index (χ0v) is 12.7. The number of nitrogens with one attached hydrogen (secondary N) is 1. The normalized spacial score (nSPS) is 33.0. The lowest BCUT2D eigenvalue weighted by Crippen LogP contribution is -2.51. The number of hydrogen-bond donors (Lipinski definition) is 2. The van der Waals surface area contributed by atoms with Crippen LogP contribution in [0.15, 0.2) is 0 Å². The van der Waals surface area contributed by atoms with E-state index in [1.807, 2.05) is 0 Å². The van der Waals surface area contributed by atoms with E-state index in [9.17, 15) is 13.2 Å². The summed E-state index contributed by atoms with van der Waals surface area (Å²) in [6.07, 6.45) is 5.29. The molecule has 3 unspecified atom stereocenters. The number of hydrogen-bond acceptors (Lipinski definition) is 3. The Morgan fingerprint density at radius 3 is 2.55 bits per heavy atom. The largest absolute Gasteiger partial charge is 0.481 e. The van der Waals surface area contributed by atoms with Crippen LogP contribution >= 0.6 is 0 Å². The first-order valence-corrected chi connectivity index (χ1v) is 8.84. The highest BCUT2D eigenvalue weighted by Crippen LogP contribution is 2.25. The number of rotatable bonds is 4. The first kappa shape index (κ1) is 15.7. The van der Waals surface area contributed by atoms with Crippen LogP contribution in [0.1, 0.15) is 45.4 Å². The van der Waals surface area contributed by atoms with Crippen molar-refractivity contribution in [2.45, 2.75) is 51.5 Å². The minimum absolute atomic E-state index is 0.0149. The van der Waals surface area contributed by atoms with Crippen molar-refractivity contribution < 1.29 is 18.3 Å². The summed E-state index contributed by atoms with van der Waals surface area (Å²) in [5, 5.41) is 9.04. The van der Waals surface area contributed by atoms with E-state index in [4.69, 9.17) is 5.11 Å². The van der Waals surface area contributed by atoms with Gasteiger partial charge in [-0.25, -0.2) is 0 Å². The summed E-state index contributed by atoms with van der Waals surface area (Å²) in [5.41, 5.74) is 0. The van der Waals surface area contributed by atoms with Gasteiger partial charge in [-0.2, -0.15) is 17.4 Å². The molecular weight excluding hydrogens is 280 g/mol. The molecule has 2 N–H and O–H groups in total. The zero-order chi connectivity index (χ0) is 14.8. The van der Waals surface area contributed by atoms with Gasteiger partial charge in [0.1, 0.15) is 0 Å². The van der Waals surface area contributed by atoms with Crippen LogP contribution < -0.4 is 4.72 Å². The summed E-state index contributed by atoms with van der Waals surface area (Å²) in [4.78, 5) is 11.0. The number of carboxylic acids is 1. The lowest BCUT2D eigenvalue weighted by molar-refractivity contribution is -0.142. The molecule has 6 nitrogen and oxygen atoms in total. The Morgan fingerprint density at radius 1 is 1.20 bits per heavy atom. The van der Waals surface area contributed by atoms with Gasteiger partial charge in [-0.3, -0.25) is 4.79 Å².